The fourth-order valence-corrected chi connectivity index (χ4v) is 1.76. The van der Waals surface area contributed by atoms with Crippen LogP contribution < -0.4 is 5.32 Å². The van der Waals surface area contributed by atoms with Gasteiger partial charge >= 0.3 is 6.03 Å². The molecule has 1 aromatic rings. The Morgan fingerprint density at radius 3 is 2.60 bits per heavy atom. The molecule has 0 spiro atoms. The molecule has 106 valence electrons. The van der Waals surface area contributed by atoms with Crippen LogP contribution in [0.4, 0.5) is 4.79 Å². The van der Waals surface area contributed by atoms with Crippen LogP contribution in [0.1, 0.15) is 25.8 Å². The van der Waals surface area contributed by atoms with Crippen molar-refractivity contribution in [1.29, 1.82) is 0 Å². The summed E-state index contributed by atoms with van der Waals surface area (Å²) in [5.41, 5.74) is -0.489. The fraction of sp³-hybridized carbons (Fsp3) is 0.308. The Kier molecular flexibility index (Phi) is 3.35. The summed E-state index contributed by atoms with van der Waals surface area (Å²) in [4.78, 5) is 23.7. The zero-order valence-electron chi connectivity index (χ0n) is 11.1. The van der Waals surface area contributed by atoms with Crippen LogP contribution in [-0.4, -0.2) is 38.9 Å². The number of carbonyl (C=O) groups is 2. The van der Waals surface area contributed by atoms with Crippen LogP contribution in [0.2, 0.25) is 0 Å². The van der Waals surface area contributed by atoms with Gasteiger partial charge in [-0.05, 0) is 37.1 Å². The maximum Gasteiger partial charge on any atom is 0.346 e. The van der Waals surface area contributed by atoms with E-state index in [1.807, 2.05) is 0 Å². The molecular weight excluding hydrogens is 262 g/mol. The number of benzene rings is 1. The molecule has 0 aromatic heterocycles. The number of phenols is 2. The molecule has 1 fully saturated rings. The maximum atomic E-state index is 12.1. The molecule has 1 unspecified atom stereocenters. The van der Waals surface area contributed by atoms with Gasteiger partial charge in [-0.2, -0.15) is 5.10 Å². The minimum absolute atomic E-state index is 0.254. The van der Waals surface area contributed by atoms with Crippen molar-refractivity contribution in [2.45, 2.75) is 25.8 Å². The Morgan fingerprint density at radius 1 is 1.35 bits per heavy atom. The summed E-state index contributed by atoms with van der Waals surface area (Å²) in [7, 11) is 0. The highest BCUT2D eigenvalue weighted by Crippen LogP contribution is 2.24. The SMILES string of the molecule is CCC1(C)NC(=O)N(/N=C/c2ccc(O)c(O)c2)C1=O. The summed E-state index contributed by atoms with van der Waals surface area (Å²) in [6, 6.07) is 3.48. The molecule has 1 atom stereocenters. The van der Waals surface area contributed by atoms with Gasteiger partial charge in [0.15, 0.2) is 11.5 Å². The molecule has 1 aliphatic rings. The number of aromatic hydroxyl groups is 2. The monoisotopic (exact) mass is 277 g/mol. The molecule has 3 N–H and O–H groups in total. The first-order valence-electron chi connectivity index (χ1n) is 6.10. The summed E-state index contributed by atoms with van der Waals surface area (Å²) < 4.78 is 0. The molecule has 7 nitrogen and oxygen atoms in total. The van der Waals surface area contributed by atoms with E-state index >= 15 is 0 Å². The Labute approximate surface area is 115 Å². The number of imide groups is 1. The molecule has 1 aromatic carbocycles. The largest absolute Gasteiger partial charge is 0.504 e. The molecule has 0 aliphatic carbocycles. The third-order valence-electron chi connectivity index (χ3n) is 3.27. The summed E-state index contributed by atoms with van der Waals surface area (Å²) in [5.74, 6) is -0.982. The van der Waals surface area contributed by atoms with Crippen LogP contribution in [-0.2, 0) is 4.79 Å². The Hall–Kier alpha value is -2.57. The van der Waals surface area contributed by atoms with Crippen molar-refractivity contribution in [3.63, 3.8) is 0 Å². The topological polar surface area (TPSA) is 102 Å². The van der Waals surface area contributed by atoms with E-state index in [1.165, 1.54) is 24.4 Å². The van der Waals surface area contributed by atoms with Gasteiger partial charge in [-0.15, -0.1) is 5.01 Å². The smallest absolute Gasteiger partial charge is 0.346 e. The second-order valence-electron chi connectivity index (χ2n) is 4.73. The number of hydrogen-bond donors (Lipinski definition) is 3. The van der Waals surface area contributed by atoms with E-state index in [-0.39, 0.29) is 11.5 Å². The van der Waals surface area contributed by atoms with E-state index in [1.54, 1.807) is 13.8 Å². The van der Waals surface area contributed by atoms with Gasteiger partial charge in [-0.1, -0.05) is 6.92 Å². The van der Waals surface area contributed by atoms with Gasteiger partial charge in [0.1, 0.15) is 5.54 Å². The number of phenolic OH excluding ortho intramolecular Hbond substituents is 2. The number of carbonyl (C=O) groups excluding carboxylic acids is 2. The maximum absolute atomic E-state index is 12.1. The van der Waals surface area contributed by atoms with E-state index in [0.717, 1.165) is 5.01 Å². The molecule has 0 saturated carbocycles. The predicted octanol–water partition coefficient (Wildman–Crippen LogP) is 1.15. The molecule has 20 heavy (non-hydrogen) atoms. The van der Waals surface area contributed by atoms with Crippen LogP contribution in [0.25, 0.3) is 0 Å². The molecule has 1 heterocycles. The average molecular weight is 277 g/mol. The molecule has 2 rings (SSSR count). The summed E-state index contributed by atoms with van der Waals surface area (Å²) in [6.45, 7) is 3.43. The van der Waals surface area contributed by atoms with Crippen LogP contribution in [0.15, 0.2) is 23.3 Å². The van der Waals surface area contributed by atoms with Gasteiger partial charge < -0.3 is 15.5 Å². The number of nitrogens with one attached hydrogen (secondary N) is 1. The molecule has 3 amide bonds. The van der Waals surface area contributed by atoms with Crippen molar-refractivity contribution in [2.75, 3.05) is 0 Å². The van der Waals surface area contributed by atoms with Gasteiger partial charge in [-0.25, -0.2) is 4.79 Å². The van der Waals surface area contributed by atoms with Crippen molar-refractivity contribution in [2.24, 2.45) is 5.10 Å². The standard InChI is InChI=1S/C13H15N3O4/c1-3-13(2)11(19)16(12(20)15-13)14-7-8-4-5-9(17)10(18)6-8/h4-7,17-18H,3H2,1-2H3,(H,15,20)/b14-7+. The van der Waals surface area contributed by atoms with E-state index in [4.69, 9.17) is 0 Å². The number of nitrogens with zero attached hydrogens (tertiary/aromatic N) is 2. The second-order valence-corrected chi connectivity index (χ2v) is 4.73. The summed E-state index contributed by atoms with van der Waals surface area (Å²) >= 11 is 0. The lowest BCUT2D eigenvalue weighted by molar-refractivity contribution is -0.130. The number of urea groups is 1. The highest BCUT2D eigenvalue weighted by molar-refractivity contribution is 6.07. The summed E-state index contributed by atoms with van der Waals surface area (Å²) in [5, 5.41) is 25.7. The van der Waals surface area contributed by atoms with Gasteiger partial charge in [0.05, 0.1) is 6.21 Å². The minimum atomic E-state index is -0.939. The third kappa shape index (κ3) is 2.29. The van der Waals surface area contributed by atoms with Gasteiger partial charge in [0, 0.05) is 0 Å². The lowest BCUT2D eigenvalue weighted by Gasteiger charge is -2.17. The zero-order chi connectivity index (χ0) is 14.9. The minimum Gasteiger partial charge on any atom is -0.504 e. The highest BCUT2D eigenvalue weighted by atomic mass is 16.3. The Bertz CT molecular complexity index is 599. The van der Waals surface area contributed by atoms with Gasteiger partial charge in [0.25, 0.3) is 5.91 Å². The van der Waals surface area contributed by atoms with Crippen molar-refractivity contribution in [3.05, 3.63) is 23.8 Å². The Morgan fingerprint density at radius 2 is 2.05 bits per heavy atom. The second kappa shape index (κ2) is 4.84. The lowest BCUT2D eigenvalue weighted by Crippen LogP contribution is -2.42. The first-order chi connectivity index (χ1) is 9.37. The van der Waals surface area contributed by atoms with Crippen LogP contribution >= 0.6 is 0 Å². The lowest BCUT2D eigenvalue weighted by atomic mass is 10.00. The summed E-state index contributed by atoms with van der Waals surface area (Å²) in [6.07, 6.45) is 1.72. The first kappa shape index (κ1) is 13.9. The molecule has 0 radical (unpaired) electrons. The molecular formula is C13H15N3O4. The molecule has 7 heteroatoms. The number of hydrogen-bond acceptors (Lipinski definition) is 5. The fourth-order valence-electron chi connectivity index (χ4n) is 1.76. The molecule has 1 saturated heterocycles. The molecule has 1 aliphatic heterocycles. The highest BCUT2D eigenvalue weighted by Gasteiger charge is 2.46. The van der Waals surface area contributed by atoms with Gasteiger partial charge in [-0.3, -0.25) is 4.79 Å². The number of rotatable bonds is 3. The molecule has 0 bridgehead atoms. The average Bonchev–Trinajstić information content (AvgIpc) is 2.63. The number of hydrazone groups is 1. The van der Waals surface area contributed by atoms with Crippen LogP contribution in [0.5, 0.6) is 11.5 Å². The van der Waals surface area contributed by atoms with E-state index in [0.29, 0.717) is 12.0 Å². The zero-order valence-corrected chi connectivity index (χ0v) is 11.1. The Balaban J connectivity index is 2.21. The van der Waals surface area contributed by atoms with Crippen molar-refractivity contribution in [3.8, 4) is 11.5 Å². The quantitative estimate of drug-likeness (QED) is 0.438. The van der Waals surface area contributed by atoms with E-state index in [9.17, 15) is 19.8 Å². The van der Waals surface area contributed by atoms with Crippen molar-refractivity contribution in [1.82, 2.24) is 10.3 Å². The normalized spacial score (nSPS) is 22.6. The third-order valence-corrected chi connectivity index (χ3v) is 3.27. The van der Waals surface area contributed by atoms with Crippen molar-refractivity contribution < 1.29 is 19.8 Å². The van der Waals surface area contributed by atoms with Crippen LogP contribution in [0, 0.1) is 0 Å². The number of amides is 3. The van der Waals surface area contributed by atoms with Gasteiger partial charge in [0.2, 0.25) is 0 Å². The van der Waals surface area contributed by atoms with Crippen molar-refractivity contribution >= 4 is 18.2 Å². The predicted molar refractivity (Wildman–Crippen MR) is 71.4 cm³/mol. The van der Waals surface area contributed by atoms with E-state index in [2.05, 4.69) is 10.4 Å². The van der Waals surface area contributed by atoms with E-state index < -0.39 is 17.5 Å². The van der Waals surface area contributed by atoms with Crippen LogP contribution in [0.3, 0.4) is 0 Å². The first-order valence-corrected chi connectivity index (χ1v) is 6.10.